The second kappa shape index (κ2) is 7.23. The molecule has 1 aromatic carbocycles. The molecule has 4 heterocycles. The van der Waals surface area contributed by atoms with Crippen molar-refractivity contribution in [1.29, 1.82) is 0 Å². The summed E-state index contributed by atoms with van der Waals surface area (Å²) in [6, 6.07) is 10.00. The molecule has 2 amide bonds. The number of aromatic nitrogens is 3. The van der Waals surface area contributed by atoms with Gasteiger partial charge < -0.3 is 10.1 Å². The number of rotatable bonds is 4. The van der Waals surface area contributed by atoms with Crippen molar-refractivity contribution >= 4 is 17.7 Å². The van der Waals surface area contributed by atoms with Crippen LogP contribution in [0.25, 0.3) is 16.9 Å². The van der Waals surface area contributed by atoms with E-state index in [4.69, 9.17) is 4.74 Å². The molecule has 8 nitrogen and oxygen atoms in total. The van der Waals surface area contributed by atoms with Crippen LogP contribution < -0.4 is 10.2 Å². The molecule has 158 valence electrons. The monoisotopic (exact) mass is 417 g/mol. The number of amides is 2. The average Bonchev–Trinajstić information content (AvgIpc) is 3.38. The molecular weight excluding hydrogens is 394 g/mol. The molecule has 31 heavy (non-hydrogen) atoms. The first-order valence-electron chi connectivity index (χ1n) is 10.3. The second-order valence-corrected chi connectivity index (χ2v) is 8.05. The number of nitrogens with zero attached hydrogens (tertiary/aromatic N) is 4. The summed E-state index contributed by atoms with van der Waals surface area (Å²) in [5, 5.41) is 2.75. The summed E-state index contributed by atoms with van der Waals surface area (Å²) in [4.78, 5) is 34.4. The molecule has 2 atom stereocenters. The molecule has 2 aliphatic heterocycles. The molecule has 0 spiro atoms. The van der Waals surface area contributed by atoms with Gasteiger partial charge in [0.2, 0.25) is 5.91 Å². The Morgan fingerprint density at radius 1 is 1.23 bits per heavy atom. The van der Waals surface area contributed by atoms with Crippen LogP contribution in [0.1, 0.15) is 24.0 Å². The standard InChI is InChI=1S/C23H23N5O3/c1-13-12-27(14(2)26-13)22-7-5-17(10-25-22)16-4-6-19-18(8-16)9-20-21(11-24-15(3)29)31-23(30)28(19)20/h4-8,10,12,20-21H,9,11H2,1-3H3,(H,24,29)/t20?,21-/m0/s1. The van der Waals surface area contributed by atoms with Gasteiger partial charge in [-0.1, -0.05) is 6.07 Å². The lowest BCUT2D eigenvalue weighted by atomic mass is 10.0. The second-order valence-electron chi connectivity index (χ2n) is 8.05. The number of hydrogen-bond donors (Lipinski definition) is 1. The lowest BCUT2D eigenvalue weighted by molar-refractivity contribution is -0.119. The Kier molecular flexibility index (Phi) is 4.50. The van der Waals surface area contributed by atoms with Gasteiger partial charge in [0.25, 0.3) is 0 Å². The maximum atomic E-state index is 12.4. The summed E-state index contributed by atoms with van der Waals surface area (Å²) in [7, 11) is 0. The highest BCUT2D eigenvalue weighted by atomic mass is 16.6. The zero-order valence-electron chi connectivity index (χ0n) is 17.6. The van der Waals surface area contributed by atoms with Crippen molar-refractivity contribution in [2.24, 2.45) is 0 Å². The molecule has 2 aliphatic rings. The van der Waals surface area contributed by atoms with Crippen LogP contribution in [0.5, 0.6) is 0 Å². The highest BCUT2D eigenvalue weighted by Gasteiger charge is 2.47. The van der Waals surface area contributed by atoms with Crippen molar-refractivity contribution in [1.82, 2.24) is 19.9 Å². The summed E-state index contributed by atoms with van der Waals surface area (Å²) >= 11 is 0. The first-order chi connectivity index (χ1) is 14.9. The van der Waals surface area contributed by atoms with Gasteiger partial charge >= 0.3 is 6.09 Å². The normalized spacial score (nSPS) is 19.2. The summed E-state index contributed by atoms with van der Waals surface area (Å²) in [5.41, 5.74) is 4.97. The highest BCUT2D eigenvalue weighted by Crippen LogP contribution is 2.40. The topological polar surface area (TPSA) is 89.4 Å². The third-order valence-corrected chi connectivity index (χ3v) is 5.86. The van der Waals surface area contributed by atoms with E-state index in [-0.39, 0.29) is 24.1 Å². The molecule has 0 bridgehead atoms. The van der Waals surface area contributed by atoms with Crippen molar-refractivity contribution < 1.29 is 14.3 Å². The quantitative estimate of drug-likeness (QED) is 0.705. The van der Waals surface area contributed by atoms with E-state index in [9.17, 15) is 9.59 Å². The van der Waals surface area contributed by atoms with Gasteiger partial charge in [-0.25, -0.2) is 14.8 Å². The van der Waals surface area contributed by atoms with Crippen LogP contribution in [-0.4, -0.2) is 45.2 Å². The molecular formula is C23H23N5O3. The molecule has 2 aromatic heterocycles. The molecule has 3 aromatic rings. The Morgan fingerprint density at radius 3 is 2.71 bits per heavy atom. The maximum absolute atomic E-state index is 12.4. The minimum Gasteiger partial charge on any atom is -0.442 e. The van der Waals surface area contributed by atoms with Crippen LogP contribution in [0.2, 0.25) is 0 Å². The van der Waals surface area contributed by atoms with E-state index in [1.165, 1.54) is 6.92 Å². The van der Waals surface area contributed by atoms with E-state index in [0.717, 1.165) is 39.7 Å². The predicted molar refractivity (Wildman–Crippen MR) is 115 cm³/mol. The van der Waals surface area contributed by atoms with E-state index in [2.05, 4.69) is 21.4 Å². The summed E-state index contributed by atoms with van der Waals surface area (Å²) in [5.74, 6) is 1.59. The van der Waals surface area contributed by atoms with Gasteiger partial charge in [0.05, 0.1) is 24.0 Å². The number of benzene rings is 1. The number of carbonyl (C=O) groups excluding carboxylic acids is 2. The van der Waals surface area contributed by atoms with Gasteiger partial charge in [-0.05, 0) is 55.7 Å². The van der Waals surface area contributed by atoms with Gasteiger partial charge in [0.1, 0.15) is 17.7 Å². The Labute approximate surface area is 179 Å². The summed E-state index contributed by atoms with van der Waals surface area (Å²) in [6.45, 7) is 5.70. The zero-order chi connectivity index (χ0) is 21.7. The fraction of sp³-hybridized carbons (Fsp3) is 0.304. The van der Waals surface area contributed by atoms with Crippen molar-refractivity contribution in [3.63, 3.8) is 0 Å². The molecule has 1 fully saturated rings. The van der Waals surface area contributed by atoms with Gasteiger partial charge in [-0.2, -0.15) is 0 Å². The lowest BCUT2D eigenvalue weighted by Crippen LogP contribution is -2.40. The highest BCUT2D eigenvalue weighted by molar-refractivity contribution is 5.94. The molecule has 0 radical (unpaired) electrons. The fourth-order valence-electron chi connectivity index (χ4n) is 4.43. The number of cyclic esters (lactones) is 1. The number of imidazole rings is 1. The van der Waals surface area contributed by atoms with Gasteiger partial charge in [-0.3, -0.25) is 14.3 Å². The third kappa shape index (κ3) is 3.34. The van der Waals surface area contributed by atoms with Crippen molar-refractivity contribution in [3.8, 4) is 16.9 Å². The number of ether oxygens (including phenoxy) is 1. The minimum atomic E-state index is -0.358. The number of anilines is 1. The number of aryl methyl sites for hydroxylation is 2. The molecule has 0 saturated carbocycles. The third-order valence-electron chi connectivity index (χ3n) is 5.86. The molecule has 8 heteroatoms. The van der Waals surface area contributed by atoms with E-state index >= 15 is 0 Å². The predicted octanol–water partition coefficient (Wildman–Crippen LogP) is 2.94. The van der Waals surface area contributed by atoms with Gasteiger partial charge in [0.15, 0.2) is 0 Å². The molecule has 5 rings (SSSR count). The Balaban J connectivity index is 1.39. The number of nitrogens with one attached hydrogen (secondary N) is 1. The van der Waals surface area contributed by atoms with Crippen LogP contribution in [0.4, 0.5) is 10.5 Å². The molecule has 0 aliphatic carbocycles. The average molecular weight is 417 g/mol. The summed E-state index contributed by atoms with van der Waals surface area (Å²) in [6.07, 6.45) is 3.81. The SMILES string of the molecule is CC(=O)NC[C@@H]1OC(=O)N2c3ccc(-c4ccc(-n5cc(C)nc5C)nc4)cc3CC12. The van der Waals surface area contributed by atoms with Crippen LogP contribution in [0.3, 0.4) is 0 Å². The van der Waals surface area contributed by atoms with Crippen LogP contribution in [-0.2, 0) is 16.0 Å². The van der Waals surface area contributed by atoms with E-state index in [1.807, 2.05) is 55.1 Å². The molecule has 1 unspecified atom stereocenters. The number of hydrogen-bond acceptors (Lipinski definition) is 5. The van der Waals surface area contributed by atoms with Gasteiger partial charge in [-0.15, -0.1) is 0 Å². The van der Waals surface area contributed by atoms with E-state index < -0.39 is 0 Å². The van der Waals surface area contributed by atoms with Crippen molar-refractivity contribution in [2.45, 2.75) is 39.3 Å². The Morgan fingerprint density at radius 2 is 2.03 bits per heavy atom. The largest absolute Gasteiger partial charge is 0.442 e. The first-order valence-corrected chi connectivity index (χ1v) is 10.3. The van der Waals surface area contributed by atoms with Crippen LogP contribution in [0, 0.1) is 13.8 Å². The van der Waals surface area contributed by atoms with Crippen molar-refractivity contribution in [2.75, 3.05) is 11.4 Å². The minimum absolute atomic E-state index is 0.0995. The zero-order valence-corrected chi connectivity index (χ0v) is 17.6. The first kappa shape index (κ1) is 19.3. The van der Waals surface area contributed by atoms with Gasteiger partial charge in [0, 0.05) is 24.9 Å². The summed E-state index contributed by atoms with van der Waals surface area (Å²) < 4.78 is 7.44. The Hall–Kier alpha value is -3.68. The molecule has 1 N–H and O–H groups in total. The maximum Gasteiger partial charge on any atom is 0.415 e. The number of pyridine rings is 1. The number of carbonyl (C=O) groups is 2. The van der Waals surface area contributed by atoms with Crippen molar-refractivity contribution in [3.05, 3.63) is 59.8 Å². The lowest BCUT2D eigenvalue weighted by Gasteiger charge is -2.16. The van der Waals surface area contributed by atoms with Crippen LogP contribution in [0.15, 0.2) is 42.7 Å². The fourth-order valence-corrected chi connectivity index (χ4v) is 4.43. The smallest absolute Gasteiger partial charge is 0.415 e. The van der Waals surface area contributed by atoms with E-state index in [1.54, 1.807) is 4.90 Å². The van der Waals surface area contributed by atoms with Crippen LogP contribution >= 0.6 is 0 Å². The van der Waals surface area contributed by atoms with E-state index in [0.29, 0.717) is 13.0 Å². The Bertz CT molecular complexity index is 1180. The number of fused-ring (bicyclic) bond motifs is 3. The molecule has 1 saturated heterocycles.